The molecule has 4 heterocycles. The van der Waals surface area contributed by atoms with E-state index in [0.29, 0.717) is 21.2 Å². The van der Waals surface area contributed by atoms with Gasteiger partial charge in [-0.3, -0.25) is 4.57 Å². The van der Waals surface area contributed by atoms with E-state index in [0.717, 1.165) is 11.8 Å². The van der Waals surface area contributed by atoms with Crippen molar-refractivity contribution in [2.45, 2.75) is 34.9 Å². The molecule has 0 amide bonds. The molecule has 3 aromatic heterocycles. The Morgan fingerprint density at radius 1 is 1.57 bits per heavy atom. The number of nitrogens with one attached hydrogen (secondary N) is 1. The number of rotatable bonds is 5. The van der Waals surface area contributed by atoms with Gasteiger partial charge in [0.15, 0.2) is 5.65 Å². The van der Waals surface area contributed by atoms with Crippen LogP contribution in [0.4, 0.5) is 11.8 Å². The van der Waals surface area contributed by atoms with E-state index in [-0.39, 0.29) is 24.8 Å². The van der Waals surface area contributed by atoms with Gasteiger partial charge in [-0.15, -0.1) is 0 Å². The van der Waals surface area contributed by atoms with E-state index in [2.05, 4.69) is 19.9 Å². The number of ether oxygens (including phenoxy) is 1. The number of aryl methyl sites for hydroxylation is 1. The summed E-state index contributed by atoms with van der Waals surface area (Å²) < 4.78 is 8.81. The van der Waals surface area contributed by atoms with Crippen LogP contribution in [0.5, 0.6) is 0 Å². The van der Waals surface area contributed by atoms with Crippen molar-refractivity contribution in [3.63, 3.8) is 0 Å². The van der Waals surface area contributed by atoms with Crippen molar-refractivity contribution in [3.8, 4) is 0 Å². The molecule has 0 radical (unpaired) electrons. The second-order valence-corrected chi connectivity index (χ2v) is 7.20. The fourth-order valence-electron chi connectivity index (χ4n) is 3.03. The first-order valence-corrected chi connectivity index (χ1v) is 9.04. The molecule has 1 fully saturated rings. The molecule has 3 aromatic rings. The second-order valence-electron chi connectivity index (χ2n) is 6.22. The number of aromatic amines is 1. The van der Waals surface area contributed by atoms with E-state index in [1.807, 2.05) is 0 Å². The third-order valence-corrected chi connectivity index (χ3v) is 5.55. The Balaban J connectivity index is 1.75. The second kappa shape index (κ2) is 6.97. The van der Waals surface area contributed by atoms with Gasteiger partial charge in [-0.2, -0.15) is 4.98 Å². The molecule has 0 saturated carbocycles. The summed E-state index contributed by atoms with van der Waals surface area (Å²) in [6, 6.07) is 0. The van der Waals surface area contributed by atoms with Gasteiger partial charge in [0, 0.05) is 6.42 Å². The maximum Gasteiger partial charge on any atom is 0.378 e. The maximum absolute atomic E-state index is 11.2. The highest BCUT2D eigenvalue weighted by molar-refractivity contribution is 7.99. The van der Waals surface area contributed by atoms with E-state index in [1.54, 1.807) is 16.2 Å². The summed E-state index contributed by atoms with van der Waals surface area (Å²) in [7, 11) is 1.66. The summed E-state index contributed by atoms with van der Waals surface area (Å²) in [5.41, 5.74) is 6.60. The summed E-state index contributed by atoms with van der Waals surface area (Å²) in [6.07, 6.45) is 1.09. The van der Waals surface area contributed by atoms with Crippen LogP contribution in [0.15, 0.2) is 22.7 Å². The summed E-state index contributed by atoms with van der Waals surface area (Å²) in [5, 5.41) is 31.2. The zero-order chi connectivity index (χ0) is 20.0. The number of fused-ring (bicyclic) bond motifs is 1. The van der Waals surface area contributed by atoms with Crippen LogP contribution in [-0.4, -0.2) is 58.5 Å². The van der Waals surface area contributed by atoms with Gasteiger partial charge in [0.2, 0.25) is 12.3 Å². The number of imidazole rings is 2. The molecule has 0 unspecified atom stereocenters. The topological polar surface area (TPSA) is 182 Å². The van der Waals surface area contributed by atoms with E-state index >= 15 is 0 Å². The SMILES string of the molecule is C[n+]1c[nH]c([N+](=O)[O-])c1Sc1nc(N)nc2c1ncn2[C@@H]1C[C@H](O)[C@@H](CO)O1. The number of nitrogens with two attached hydrogens (primary N) is 1. The van der Waals surface area contributed by atoms with E-state index in [9.17, 15) is 20.3 Å². The Morgan fingerprint density at radius 3 is 3.04 bits per heavy atom. The average molecular weight is 409 g/mol. The molecular weight excluding hydrogens is 392 g/mol. The molecule has 0 bridgehead atoms. The van der Waals surface area contributed by atoms with Crippen molar-refractivity contribution in [3.05, 3.63) is 22.8 Å². The predicted molar refractivity (Wildman–Crippen MR) is 94.1 cm³/mol. The Bertz CT molecular complexity index is 1050. The molecule has 28 heavy (non-hydrogen) atoms. The monoisotopic (exact) mass is 409 g/mol. The lowest BCUT2D eigenvalue weighted by Crippen LogP contribution is -2.27. The fraction of sp³-hybridized carbons (Fsp3) is 0.429. The molecule has 0 aromatic carbocycles. The first kappa shape index (κ1) is 18.5. The van der Waals surface area contributed by atoms with Crippen molar-refractivity contribution in [2.75, 3.05) is 12.3 Å². The fourth-order valence-corrected chi connectivity index (χ4v) is 4.02. The molecule has 148 valence electrons. The minimum atomic E-state index is -0.818. The number of nitro groups is 1. The highest BCUT2D eigenvalue weighted by atomic mass is 32.2. The number of hydrogen-bond donors (Lipinski definition) is 4. The molecule has 0 spiro atoms. The van der Waals surface area contributed by atoms with E-state index in [1.165, 1.54) is 12.7 Å². The average Bonchev–Trinajstić information content (AvgIpc) is 3.32. The van der Waals surface area contributed by atoms with Gasteiger partial charge in [-0.25, -0.2) is 19.5 Å². The van der Waals surface area contributed by atoms with Gasteiger partial charge in [-0.1, -0.05) is 0 Å². The Morgan fingerprint density at radius 2 is 2.36 bits per heavy atom. The van der Waals surface area contributed by atoms with Crippen LogP contribution in [0.3, 0.4) is 0 Å². The molecule has 14 heteroatoms. The zero-order valence-electron chi connectivity index (χ0n) is 14.6. The van der Waals surface area contributed by atoms with Crippen molar-refractivity contribution in [1.29, 1.82) is 0 Å². The molecule has 5 N–H and O–H groups in total. The zero-order valence-corrected chi connectivity index (χ0v) is 15.4. The largest absolute Gasteiger partial charge is 0.394 e. The van der Waals surface area contributed by atoms with E-state index in [4.69, 9.17) is 10.5 Å². The van der Waals surface area contributed by atoms with Crippen LogP contribution >= 0.6 is 11.8 Å². The lowest BCUT2D eigenvalue weighted by molar-refractivity contribution is -0.708. The third-order valence-electron chi connectivity index (χ3n) is 4.39. The molecule has 4 rings (SSSR count). The van der Waals surface area contributed by atoms with Gasteiger partial charge in [-0.05, 0) is 16.7 Å². The number of aliphatic hydroxyl groups is 2. The molecule has 1 aliphatic heterocycles. The molecule has 3 atom stereocenters. The van der Waals surface area contributed by atoms with Crippen LogP contribution in [0.1, 0.15) is 12.6 Å². The van der Waals surface area contributed by atoms with Crippen LogP contribution in [-0.2, 0) is 11.8 Å². The van der Waals surface area contributed by atoms with Gasteiger partial charge in [0.05, 0.1) is 26.1 Å². The van der Waals surface area contributed by atoms with Crippen molar-refractivity contribution < 1.29 is 24.4 Å². The van der Waals surface area contributed by atoms with Gasteiger partial charge >= 0.3 is 5.82 Å². The smallest absolute Gasteiger partial charge is 0.378 e. The van der Waals surface area contributed by atoms with Crippen molar-refractivity contribution in [1.82, 2.24) is 24.5 Å². The highest BCUT2D eigenvalue weighted by Crippen LogP contribution is 2.36. The van der Waals surface area contributed by atoms with E-state index < -0.39 is 23.4 Å². The normalized spacial score (nSPS) is 22.2. The summed E-state index contributed by atoms with van der Waals surface area (Å²) in [4.78, 5) is 26.0. The summed E-state index contributed by atoms with van der Waals surface area (Å²) in [6.45, 7) is -0.309. The molecule has 1 aliphatic rings. The van der Waals surface area contributed by atoms with Crippen molar-refractivity contribution in [2.24, 2.45) is 7.05 Å². The summed E-state index contributed by atoms with van der Waals surface area (Å²) in [5.74, 6) is -0.208. The third kappa shape index (κ3) is 3.05. The first-order chi connectivity index (χ1) is 13.4. The van der Waals surface area contributed by atoms with Gasteiger partial charge in [0.1, 0.15) is 22.9 Å². The number of aromatic nitrogens is 6. The molecule has 13 nitrogen and oxygen atoms in total. The number of hydrogen-bond acceptors (Lipinski definition) is 10. The molecule has 0 aliphatic carbocycles. The minimum Gasteiger partial charge on any atom is -0.394 e. The maximum atomic E-state index is 11.2. The number of nitrogens with zero attached hydrogens (tertiary/aromatic N) is 6. The van der Waals surface area contributed by atoms with Gasteiger partial charge in [0.25, 0.3) is 5.03 Å². The molecular formula is C14H17N8O5S+. The Kier molecular flexibility index (Phi) is 4.62. The lowest BCUT2D eigenvalue weighted by atomic mass is 10.2. The Hall–Kier alpha value is -2.81. The predicted octanol–water partition coefficient (Wildman–Crippen LogP) is -0.739. The highest BCUT2D eigenvalue weighted by Gasteiger charge is 2.35. The number of anilines is 1. The number of aliphatic hydroxyl groups excluding tert-OH is 2. The van der Waals surface area contributed by atoms with Crippen molar-refractivity contribution >= 4 is 34.7 Å². The number of nitrogen functional groups attached to an aromatic ring is 1. The van der Waals surface area contributed by atoms with Crippen LogP contribution < -0.4 is 10.3 Å². The standard InChI is InChI=1S/C14H16N8O5S/c1-20-4-17-11(22(25)26)13(20)28-12-9-10(18-14(15)19-12)21(5-16-9)8-2-6(24)7(3-23)27-8/h4-8,23-24H,2-3H2,1H3,(H2,15,18,19)/p+1/t6-,7+,8-/m0/s1. The minimum absolute atomic E-state index is 0.0326. The van der Waals surface area contributed by atoms with Crippen LogP contribution in [0, 0.1) is 10.1 Å². The van der Waals surface area contributed by atoms with Crippen LogP contribution in [0.2, 0.25) is 0 Å². The Labute approximate surface area is 161 Å². The van der Waals surface area contributed by atoms with Crippen LogP contribution in [0.25, 0.3) is 11.2 Å². The molecule has 1 saturated heterocycles. The quantitative estimate of drug-likeness (QED) is 0.181. The van der Waals surface area contributed by atoms with Gasteiger partial charge < -0.3 is 30.8 Å². The first-order valence-electron chi connectivity index (χ1n) is 8.22. The summed E-state index contributed by atoms with van der Waals surface area (Å²) >= 11 is 1.03. The number of H-pyrrole nitrogens is 1. The lowest BCUT2D eigenvalue weighted by Gasteiger charge is -2.13.